The van der Waals surface area contributed by atoms with Crippen LogP contribution in [0.3, 0.4) is 0 Å². The van der Waals surface area contributed by atoms with Crippen LogP contribution in [-0.4, -0.2) is 35.4 Å². The van der Waals surface area contributed by atoms with Gasteiger partial charge in [-0.15, -0.1) is 0 Å². The van der Waals surface area contributed by atoms with E-state index < -0.39 is 6.10 Å². The number of hydrogen-bond acceptors (Lipinski definition) is 3. The first-order chi connectivity index (χ1) is 19.0. The number of allylic oxidation sites excluding steroid dienone is 2. The van der Waals surface area contributed by atoms with Crippen molar-refractivity contribution in [3.63, 3.8) is 0 Å². The van der Waals surface area contributed by atoms with E-state index in [1.54, 1.807) is 5.57 Å². The van der Waals surface area contributed by atoms with Crippen LogP contribution < -0.4 is 5.32 Å². The van der Waals surface area contributed by atoms with Crippen LogP contribution in [-0.2, 0) is 4.79 Å². The lowest BCUT2D eigenvalue weighted by molar-refractivity contribution is -0.181. The van der Waals surface area contributed by atoms with Gasteiger partial charge in [0.25, 0.3) is 0 Å². The lowest BCUT2D eigenvalue weighted by atomic mass is 9.36. The molecule has 3 N–H and O–H groups in total. The predicted octanol–water partition coefficient (Wildman–Crippen LogP) is 6.92. The lowest BCUT2D eigenvalue weighted by Gasteiger charge is -2.68. The van der Waals surface area contributed by atoms with E-state index in [1.807, 2.05) is 0 Å². The first-order valence-corrected chi connectivity index (χ1v) is 16.3. The molecule has 4 fully saturated rings. The summed E-state index contributed by atoms with van der Waals surface area (Å²) in [5.41, 5.74) is 4.84. The first-order valence-electron chi connectivity index (χ1n) is 16.3. The van der Waals surface area contributed by atoms with Gasteiger partial charge in [-0.2, -0.15) is 0 Å². The third-order valence-corrected chi connectivity index (χ3v) is 13.6. The zero-order valence-corrected chi connectivity index (χ0v) is 25.6. The van der Waals surface area contributed by atoms with E-state index >= 15 is 0 Å². The Morgan fingerprint density at radius 3 is 2.40 bits per heavy atom. The summed E-state index contributed by atoms with van der Waals surface area (Å²) in [6.07, 6.45) is 13.6. The smallest absolute Gasteiger partial charge is 0.226 e. The van der Waals surface area contributed by atoms with Crippen molar-refractivity contribution in [2.45, 2.75) is 105 Å². The van der Waals surface area contributed by atoms with E-state index in [-0.39, 0.29) is 29.9 Å². The van der Waals surface area contributed by atoms with Gasteiger partial charge in [-0.3, -0.25) is 4.79 Å². The highest BCUT2D eigenvalue weighted by Crippen LogP contribution is 2.73. The summed E-state index contributed by atoms with van der Waals surface area (Å²) < 4.78 is 0. The number of carbonyl (C=O) groups excluding carboxylic acids is 1. The van der Waals surface area contributed by atoms with Gasteiger partial charge in [0.2, 0.25) is 5.91 Å². The van der Waals surface area contributed by atoms with Gasteiger partial charge < -0.3 is 15.5 Å². The van der Waals surface area contributed by atoms with Gasteiger partial charge in [-0.05, 0) is 122 Å². The Bertz CT molecular complexity index is 1160. The molecule has 4 saturated carbocycles. The van der Waals surface area contributed by atoms with Gasteiger partial charge in [0.05, 0.1) is 18.1 Å². The number of aliphatic hydroxyl groups is 2. The number of carbonyl (C=O) groups is 1. The second kappa shape index (κ2) is 9.97. The van der Waals surface area contributed by atoms with Crippen LogP contribution in [0.1, 0.15) is 103 Å². The van der Waals surface area contributed by atoms with E-state index in [1.165, 1.54) is 56.1 Å². The van der Waals surface area contributed by atoms with Crippen LogP contribution in [0.15, 0.2) is 30.3 Å². The number of aryl methyl sites for hydroxylation is 1. The van der Waals surface area contributed by atoms with Gasteiger partial charge in [0.1, 0.15) is 0 Å². The van der Waals surface area contributed by atoms with E-state index in [9.17, 15) is 15.0 Å². The topological polar surface area (TPSA) is 69.6 Å². The average Bonchev–Trinajstić information content (AvgIpc) is 3.38. The predicted molar refractivity (Wildman–Crippen MR) is 161 cm³/mol. The van der Waals surface area contributed by atoms with Crippen molar-refractivity contribution in [2.75, 3.05) is 13.2 Å². The molecule has 5 aliphatic rings. The molecular weight excluding hydrogens is 494 g/mol. The zero-order valence-electron chi connectivity index (χ0n) is 25.6. The summed E-state index contributed by atoms with van der Waals surface area (Å²) in [6, 6.07) is 9.20. The maximum atomic E-state index is 13.6. The molecule has 0 aliphatic heterocycles. The number of hydrogen-bond donors (Lipinski definition) is 3. The summed E-state index contributed by atoms with van der Waals surface area (Å²) in [4.78, 5) is 13.6. The summed E-state index contributed by atoms with van der Waals surface area (Å²) in [7, 11) is 0. The largest absolute Gasteiger partial charge is 0.394 e. The van der Waals surface area contributed by atoms with Gasteiger partial charge in [0.15, 0.2) is 0 Å². The van der Waals surface area contributed by atoms with Crippen molar-refractivity contribution < 1.29 is 15.0 Å². The molecule has 0 saturated heterocycles. The second-order valence-corrected chi connectivity index (χ2v) is 15.7. The zero-order chi connectivity index (χ0) is 28.5. The Balaban J connectivity index is 1.26. The van der Waals surface area contributed by atoms with Crippen molar-refractivity contribution in [3.05, 3.63) is 41.5 Å². The van der Waals surface area contributed by atoms with Crippen molar-refractivity contribution in [1.29, 1.82) is 0 Å². The van der Waals surface area contributed by atoms with E-state index in [0.29, 0.717) is 34.5 Å². The lowest BCUT2D eigenvalue weighted by Crippen LogP contribution is -2.62. The molecule has 40 heavy (non-hydrogen) atoms. The minimum absolute atomic E-state index is 0.145. The molecule has 1 amide bonds. The molecule has 9 atom stereocenters. The molecule has 5 aliphatic carbocycles. The van der Waals surface area contributed by atoms with E-state index in [2.05, 4.69) is 70.3 Å². The molecule has 4 heteroatoms. The van der Waals surface area contributed by atoms with E-state index in [4.69, 9.17) is 0 Å². The van der Waals surface area contributed by atoms with Crippen LogP contribution >= 0.6 is 0 Å². The number of benzene rings is 1. The molecule has 0 aromatic heterocycles. The fourth-order valence-electron chi connectivity index (χ4n) is 11.9. The van der Waals surface area contributed by atoms with Crippen molar-refractivity contribution >= 4 is 11.5 Å². The SMILES string of the molecule is Cc1ccc(C2=CCC3(C)C(CCC4(C)C5CCC6(C(=O)NCC(O)CO)CCCC6C5CCC43)C2(C)C)cc1. The highest BCUT2D eigenvalue weighted by molar-refractivity contribution is 5.83. The first kappa shape index (κ1) is 28.5. The molecular formula is C36H53NO3. The van der Waals surface area contributed by atoms with Crippen LogP contribution in [0.5, 0.6) is 0 Å². The molecule has 0 radical (unpaired) electrons. The molecule has 6 rings (SSSR count). The van der Waals surface area contributed by atoms with Gasteiger partial charge in [-0.25, -0.2) is 0 Å². The number of fused-ring (bicyclic) bond motifs is 7. The molecule has 0 heterocycles. The maximum absolute atomic E-state index is 13.6. The molecule has 220 valence electrons. The Labute approximate surface area is 242 Å². The standard InChI is InChI=1S/C36H53NO3/c1-23-8-10-24(11-9-23)27-14-18-35(5)30(33(27,2)3)16-19-34(4)28-15-20-36(32(40)37-21-25(39)22-38)17-6-7-29(36)26(28)12-13-31(34)35/h8-11,14,25-26,28-31,38-39H,6-7,12-13,15-22H2,1-5H3,(H,37,40). The molecule has 9 unspecified atom stereocenters. The van der Waals surface area contributed by atoms with Gasteiger partial charge >= 0.3 is 0 Å². The van der Waals surface area contributed by atoms with Crippen molar-refractivity contribution in [1.82, 2.24) is 5.32 Å². The fourth-order valence-corrected chi connectivity index (χ4v) is 11.9. The maximum Gasteiger partial charge on any atom is 0.226 e. The third-order valence-electron chi connectivity index (χ3n) is 13.6. The summed E-state index contributed by atoms with van der Waals surface area (Å²) in [5.74, 6) is 3.39. The second-order valence-electron chi connectivity index (χ2n) is 15.7. The minimum atomic E-state index is -0.873. The Morgan fingerprint density at radius 1 is 0.925 bits per heavy atom. The summed E-state index contributed by atoms with van der Waals surface area (Å²) in [6.45, 7) is 12.4. The van der Waals surface area contributed by atoms with E-state index in [0.717, 1.165) is 25.2 Å². The number of rotatable bonds is 5. The molecule has 1 aromatic rings. The quantitative estimate of drug-likeness (QED) is 0.375. The van der Waals surface area contributed by atoms with Crippen LogP contribution in [0.4, 0.5) is 0 Å². The molecule has 0 bridgehead atoms. The Kier molecular flexibility index (Phi) is 7.10. The monoisotopic (exact) mass is 547 g/mol. The molecule has 0 spiro atoms. The van der Waals surface area contributed by atoms with Crippen molar-refractivity contribution in [2.24, 2.45) is 51.2 Å². The highest BCUT2D eigenvalue weighted by atomic mass is 16.3. The normalized spacial score (nSPS) is 42.5. The molecule has 1 aromatic carbocycles. The Morgan fingerprint density at radius 2 is 1.68 bits per heavy atom. The van der Waals surface area contributed by atoms with Gasteiger partial charge in [-0.1, -0.05) is 70.0 Å². The minimum Gasteiger partial charge on any atom is -0.394 e. The number of nitrogens with one attached hydrogen (secondary N) is 1. The van der Waals surface area contributed by atoms with Crippen LogP contribution in [0, 0.1) is 58.2 Å². The fraction of sp³-hybridized carbons (Fsp3) is 0.750. The van der Waals surface area contributed by atoms with Gasteiger partial charge in [0, 0.05) is 6.54 Å². The van der Waals surface area contributed by atoms with Crippen LogP contribution in [0.25, 0.3) is 5.57 Å². The number of aliphatic hydroxyl groups excluding tert-OH is 2. The third kappa shape index (κ3) is 4.09. The average molecular weight is 548 g/mol. The highest BCUT2D eigenvalue weighted by Gasteiger charge is 2.66. The van der Waals surface area contributed by atoms with Crippen LogP contribution in [0.2, 0.25) is 0 Å². The van der Waals surface area contributed by atoms with Crippen molar-refractivity contribution in [3.8, 4) is 0 Å². The number of amides is 1. The Hall–Kier alpha value is -1.65. The summed E-state index contributed by atoms with van der Waals surface area (Å²) in [5, 5.41) is 22.2. The summed E-state index contributed by atoms with van der Waals surface area (Å²) >= 11 is 0. The molecule has 4 nitrogen and oxygen atoms in total.